The van der Waals surface area contributed by atoms with Crippen LogP contribution >= 0.6 is 0 Å². The molecule has 0 N–H and O–H groups in total. The van der Waals surface area contributed by atoms with E-state index in [0.29, 0.717) is 0 Å². The van der Waals surface area contributed by atoms with Gasteiger partial charge in [-0.15, -0.1) is 0 Å². The summed E-state index contributed by atoms with van der Waals surface area (Å²) in [5.74, 6) is 1.04. The molecule has 65 valence electrons. The third kappa shape index (κ3) is 1.05. The number of piperidine rings is 1. The van der Waals surface area contributed by atoms with E-state index in [0.717, 1.165) is 40.4 Å². The fourth-order valence-corrected chi connectivity index (χ4v) is 6.82. The molecule has 0 radical (unpaired) electrons. The zero-order valence-electron chi connectivity index (χ0n) is 8.56. The molecule has 0 aromatic carbocycles. The number of likely N-dealkylation sites (tertiary alicyclic amines) is 1. The first-order chi connectivity index (χ1) is 5.51. The van der Waals surface area contributed by atoms with Gasteiger partial charge in [0.15, 0.2) is 0 Å². The second-order valence-corrected chi connectivity index (χ2v) is 10.8. The third-order valence-electron chi connectivity index (χ3n) is 4.72. The molecule has 2 atom stereocenters. The summed E-state index contributed by atoms with van der Waals surface area (Å²) in [5.41, 5.74) is 0.808. The van der Waals surface area contributed by atoms with Gasteiger partial charge >= 0.3 is 92.1 Å². The molecule has 2 unspecified atom stereocenters. The Kier molecular flexibility index (Phi) is 2.12. The molecule has 1 aliphatic carbocycles. The molecule has 1 saturated carbocycles. The molecule has 1 spiro atoms. The fraction of sp³-hybridized carbons (Fsp3) is 1.00. The Balaban J connectivity index is 2.07. The number of hydrogen-bond donors (Lipinski definition) is 0. The Labute approximate surface area is 91.9 Å². The molecule has 0 bridgehead atoms. The van der Waals surface area contributed by atoms with E-state index in [9.17, 15) is 0 Å². The summed E-state index contributed by atoms with van der Waals surface area (Å²) in [5, 5.41) is 0. The van der Waals surface area contributed by atoms with Crippen LogP contribution in [0.4, 0.5) is 0 Å². The maximum atomic E-state index is 2.53. The molecule has 1 heterocycles. The van der Waals surface area contributed by atoms with Crippen LogP contribution in [0.2, 0.25) is 2.92 Å². The maximum absolute atomic E-state index is 2.53. The normalized spacial score (nSPS) is 46.6. The van der Waals surface area contributed by atoms with Crippen LogP contribution in [0, 0.1) is 11.3 Å². The van der Waals surface area contributed by atoms with Crippen molar-refractivity contribution in [1.29, 1.82) is 0 Å². The van der Waals surface area contributed by atoms with Crippen molar-refractivity contribution in [3.63, 3.8) is 0 Å². The second-order valence-electron chi connectivity index (χ2n) is 5.10. The molecule has 0 aromatic heterocycles. The molecular weight excluding hydrogens is 335 g/mol. The van der Waals surface area contributed by atoms with Crippen molar-refractivity contribution in [2.75, 3.05) is 20.1 Å². The molecule has 1 saturated heterocycles. The van der Waals surface area contributed by atoms with Gasteiger partial charge in [-0.05, 0) is 0 Å². The van der Waals surface area contributed by atoms with Gasteiger partial charge in [0.25, 0.3) is 0 Å². The predicted molar refractivity (Wildman–Crippen MR) is 46.7 cm³/mol. The van der Waals surface area contributed by atoms with Crippen LogP contribution in [-0.2, 0) is 26.1 Å². The zero-order valence-corrected chi connectivity index (χ0v) is 14.1. The molecule has 1 nitrogen and oxygen atoms in total. The summed E-state index contributed by atoms with van der Waals surface area (Å²) in [6.07, 6.45) is 2.95. The Morgan fingerprint density at radius 1 is 1.33 bits per heavy atom. The minimum atomic E-state index is 0.808. The molecular formula is C10H18HgN. The van der Waals surface area contributed by atoms with Gasteiger partial charge in [0.2, 0.25) is 0 Å². The van der Waals surface area contributed by atoms with Gasteiger partial charge < -0.3 is 0 Å². The zero-order chi connectivity index (χ0) is 8.98. The van der Waals surface area contributed by atoms with Crippen LogP contribution in [0.1, 0.15) is 26.7 Å². The Bertz CT molecular complexity index is 192. The third-order valence-corrected chi connectivity index (χ3v) is 9.84. The van der Waals surface area contributed by atoms with E-state index in [-0.39, 0.29) is 0 Å². The van der Waals surface area contributed by atoms with E-state index in [4.69, 9.17) is 0 Å². The fourth-order valence-electron chi connectivity index (χ4n) is 3.13. The molecule has 1 aliphatic heterocycles. The van der Waals surface area contributed by atoms with Crippen molar-refractivity contribution < 1.29 is 26.1 Å². The van der Waals surface area contributed by atoms with E-state index in [2.05, 4.69) is 25.8 Å². The van der Waals surface area contributed by atoms with Crippen molar-refractivity contribution in [1.82, 2.24) is 4.90 Å². The number of rotatable bonds is 0. The summed E-state index contributed by atoms with van der Waals surface area (Å²) in [6.45, 7) is 7.71. The molecule has 0 aromatic rings. The van der Waals surface area contributed by atoms with Gasteiger partial charge in [-0.2, -0.15) is 0 Å². The Hall–Kier alpha value is 0.895. The first-order valence-corrected chi connectivity index (χ1v) is 7.79. The van der Waals surface area contributed by atoms with Crippen LogP contribution in [0.3, 0.4) is 0 Å². The van der Waals surface area contributed by atoms with Crippen molar-refractivity contribution in [2.45, 2.75) is 29.6 Å². The Morgan fingerprint density at radius 3 is 2.08 bits per heavy atom. The number of hydrogen-bond acceptors (Lipinski definition) is 1. The monoisotopic (exact) mass is 354 g/mol. The van der Waals surface area contributed by atoms with Crippen molar-refractivity contribution in [3.8, 4) is 0 Å². The molecule has 12 heavy (non-hydrogen) atoms. The van der Waals surface area contributed by atoms with Crippen molar-refractivity contribution >= 4 is 0 Å². The van der Waals surface area contributed by atoms with E-state index in [1.54, 1.807) is 0 Å². The van der Waals surface area contributed by atoms with Crippen LogP contribution in [0.15, 0.2) is 0 Å². The second kappa shape index (κ2) is 2.69. The van der Waals surface area contributed by atoms with Gasteiger partial charge in [0.1, 0.15) is 0 Å². The number of nitrogens with zero attached hydrogens (tertiary/aromatic N) is 1. The average Bonchev–Trinajstić information content (AvgIpc) is 2.42. The molecule has 2 rings (SSSR count). The van der Waals surface area contributed by atoms with E-state index < -0.39 is 0 Å². The first kappa shape index (κ1) is 9.45. The van der Waals surface area contributed by atoms with Crippen molar-refractivity contribution in [3.05, 3.63) is 0 Å². The average molecular weight is 353 g/mol. The molecule has 2 aliphatic rings. The first-order valence-electron chi connectivity index (χ1n) is 5.05. The standard InChI is InChI=1S/C10H18N.Hg/c1-8-9(2)10(8)4-6-11(3)7-5-10;/h8H,4-7H2,1-3H3;. The quantitative estimate of drug-likeness (QED) is 0.603. The van der Waals surface area contributed by atoms with E-state index in [1.165, 1.54) is 25.9 Å². The van der Waals surface area contributed by atoms with Gasteiger partial charge in [0, 0.05) is 0 Å². The van der Waals surface area contributed by atoms with E-state index in [1.807, 2.05) is 0 Å². The topological polar surface area (TPSA) is 3.24 Å². The summed E-state index contributed by atoms with van der Waals surface area (Å²) >= 11 is 0.970. The van der Waals surface area contributed by atoms with Gasteiger partial charge in [0.05, 0.1) is 0 Å². The van der Waals surface area contributed by atoms with Gasteiger partial charge in [-0.25, -0.2) is 0 Å². The Morgan fingerprint density at radius 2 is 1.75 bits per heavy atom. The summed E-state index contributed by atoms with van der Waals surface area (Å²) in [7, 11) is 2.26. The van der Waals surface area contributed by atoms with Crippen LogP contribution < -0.4 is 0 Å². The molecule has 2 fully saturated rings. The van der Waals surface area contributed by atoms with E-state index >= 15 is 0 Å². The van der Waals surface area contributed by atoms with Gasteiger partial charge in [-0.3, -0.25) is 0 Å². The van der Waals surface area contributed by atoms with Crippen molar-refractivity contribution in [2.24, 2.45) is 11.3 Å². The molecule has 2 heteroatoms. The van der Waals surface area contributed by atoms with Gasteiger partial charge in [-0.1, -0.05) is 0 Å². The van der Waals surface area contributed by atoms with Crippen LogP contribution in [0.5, 0.6) is 0 Å². The summed E-state index contributed by atoms with van der Waals surface area (Å²) in [6, 6.07) is 0. The molecule has 0 amide bonds. The summed E-state index contributed by atoms with van der Waals surface area (Å²) < 4.78 is 0.828. The van der Waals surface area contributed by atoms with Crippen LogP contribution in [-0.4, -0.2) is 25.0 Å². The predicted octanol–water partition coefficient (Wildman–Crippen LogP) is 2.07. The minimum absolute atomic E-state index is 0.808. The SMILES string of the molecule is CC1[C](C)([Hg])C12CCN(C)CC2. The summed E-state index contributed by atoms with van der Waals surface area (Å²) in [4.78, 5) is 2.49. The van der Waals surface area contributed by atoms with Crippen LogP contribution in [0.25, 0.3) is 0 Å².